The lowest BCUT2D eigenvalue weighted by Crippen LogP contribution is -2.39. The Bertz CT molecular complexity index is 327. The van der Waals surface area contributed by atoms with E-state index in [-0.39, 0.29) is 5.91 Å². The molecule has 7 heteroatoms. The van der Waals surface area contributed by atoms with E-state index in [2.05, 4.69) is 6.58 Å². The van der Waals surface area contributed by atoms with E-state index >= 15 is 0 Å². The molecule has 1 heterocycles. The van der Waals surface area contributed by atoms with E-state index in [0.717, 1.165) is 0 Å². The van der Waals surface area contributed by atoms with Gasteiger partial charge in [0.2, 0.25) is 5.91 Å². The molecule has 1 saturated heterocycles. The largest absolute Gasteiger partial charge is 0.478 e. The van der Waals surface area contributed by atoms with Gasteiger partial charge in [0.15, 0.2) is 0 Å². The Hall–Kier alpha value is -2.15. The highest BCUT2D eigenvalue weighted by molar-refractivity contribution is 5.89. The van der Waals surface area contributed by atoms with Crippen molar-refractivity contribution < 1.29 is 29.3 Å². The van der Waals surface area contributed by atoms with Crippen molar-refractivity contribution in [2.75, 3.05) is 26.3 Å². The zero-order valence-electron chi connectivity index (χ0n) is 9.74. The second-order valence-corrected chi connectivity index (χ2v) is 3.15. The molecule has 0 radical (unpaired) electrons. The number of carbonyl (C=O) groups excluding carboxylic acids is 1. The van der Waals surface area contributed by atoms with E-state index in [4.69, 9.17) is 14.9 Å². The van der Waals surface area contributed by atoms with Gasteiger partial charge in [-0.3, -0.25) is 4.79 Å². The lowest BCUT2D eigenvalue weighted by molar-refractivity contribution is -0.134. The van der Waals surface area contributed by atoms with Crippen LogP contribution in [0.25, 0.3) is 0 Å². The van der Waals surface area contributed by atoms with Crippen LogP contribution in [0, 0.1) is 0 Å². The fourth-order valence-electron chi connectivity index (χ4n) is 1.06. The molecule has 100 valence electrons. The molecule has 2 N–H and O–H groups in total. The highest BCUT2D eigenvalue weighted by Gasteiger charge is 2.12. The van der Waals surface area contributed by atoms with E-state index < -0.39 is 11.9 Å². The highest BCUT2D eigenvalue weighted by atomic mass is 16.5. The van der Waals surface area contributed by atoms with Crippen LogP contribution >= 0.6 is 0 Å². The number of carboxylic acids is 2. The molecule has 1 fully saturated rings. The van der Waals surface area contributed by atoms with Gasteiger partial charge in [-0.15, -0.1) is 0 Å². The summed E-state index contributed by atoms with van der Waals surface area (Å²) in [5.74, 6) is -2.51. The van der Waals surface area contributed by atoms with Crippen LogP contribution < -0.4 is 0 Å². The average Bonchev–Trinajstić information content (AvgIpc) is 2.37. The molecule has 0 aromatic heterocycles. The number of ether oxygens (including phenoxy) is 1. The third-order valence-electron chi connectivity index (χ3n) is 1.87. The normalized spacial score (nSPS) is 14.6. The number of carboxylic acid groups (broad SMARTS) is 2. The predicted octanol–water partition coefficient (Wildman–Crippen LogP) is -0.257. The van der Waals surface area contributed by atoms with Crippen molar-refractivity contribution in [3.63, 3.8) is 0 Å². The van der Waals surface area contributed by atoms with Crippen LogP contribution in [-0.4, -0.2) is 59.3 Å². The molecule has 7 nitrogen and oxygen atoms in total. The summed E-state index contributed by atoms with van der Waals surface area (Å²) in [4.78, 5) is 31.8. The van der Waals surface area contributed by atoms with Crippen molar-refractivity contribution in [2.24, 2.45) is 0 Å². The molecule has 0 atom stereocenters. The van der Waals surface area contributed by atoms with Gasteiger partial charge in [-0.2, -0.15) is 0 Å². The predicted molar refractivity (Wildman–Crippen MR) is 62.0 cm³/mol. The van der Waals surface area contributed by atoms with Crippen LogP contribution in [0.4, 0.5) is 0 Å². The molecular formula is C11H15NO6. The Morgan fingerprint density at radius 3 is 1.83 bits per heavy atom. The van der Waals surface area contributed by atoms with Crippen molar-refractivity contribution >= 4 is 17.8 Å². The van der Waals surface area contributed by atoms with Gasteiger partial charge in [0.1, 0.15) is 0 Å². The number of rotatable bonds is 3. The molecule has 1 amide bonds. The van der Waals surface area contributed by atoms with Crippen LogP contribution in [0.3, 0.4) is 0 Å². The molecule has 0 bridgehead atoms. The minimum atomic E-state index is -1.26. The Morgan fingerprint density at radius 2 is 1.50 bits per heavy atom. The molecule has 1 aliphatic rings. The Balaban J connectivity index is 0.000000331. The number of hydrogen-bond acceptors (Lipinski definition) is 4. The van der Waals surface area contributed by atoms with Crippen LogP contribution in [-0.2, 0) is 19.1 Å². The van der Waals surface area contributed by atoms with E-state index in [0.29, 0.717) is 38.5 Å². The molecule has 18 heavy (non-hydrogen) atoms. The van der Waals surface area contributed by atoms with E-state index in [1.165, 1.54) is 6.08 Å². The first-order valence-electron chi connectivity index (χ1n) is 5.10. The zero-order valence-corrected chi connectivity index (χ0v) is 9.74. The maximum absolute atomic E-state index is 10.9. The van der Waals surface area contributed by atoms with E-state index in [1.54, 1.807) is 4.90 Å². The molecule has 0 saturated carbocycles. The average molecular weight is 257 g/mol. The SMILES string of the molecule is C=CC(=O)N1CCOCC1.O=C(O)C=CC(=O)O. The van der Waals surface area contributed by atoms with Crippen LogP contribution in [0.5, 0.6) is 0 Å². The van der Waals surface area contributed by atoms with Crippen molar-refractivity contribution in [1.29, 1.82) is 0 Å². The summed E-state index contributed by atoms with van der Waals surface area (Å²) >= 11 is 0. The summed E-state index contributed by atoms with van der Waals surface area (Å²) < 4.78 is 5.07. The molecule has 0 aliphatic carbocycles. The van der Waals surface area contributed by atoms with Crippen molar-refractivity contribution in [2.45, 2.75) is 0 Å². The van der Waals surface area contributed by atoms with Gasteiger partial charge >= 0.3 is 11.9 Å². The van der Waals surface area contributed by atoms with Crippen molar-refractivity contribution in [3.05, 3.63) is 24.8 Å². The fourth-order valence-corrected chi connectivity index (χ4v) is 1.06. The second-order valence-electron chi connectivity index (χ2n) is 3.15. The lowest BCUT2D eigenvalue weighted by atomic mass is 10.4. The smallest absolute Gasteiger partial charge is 0.328 e. The Labute approximate surface area is 104 Å². The van der Waals surface area contributed by atoms with Gasteiger partial charge in [-0.1, -0.05) is 6.58 Å². The number of amides is 1. The lowest BCUT2D eigenvalue weighted by Gasteiger charge is -2.25. The molecule has 0 aromatic rings. The molecule has 0 aromatic carbocycles. The minimum absolute atomic E-state index is 0.00306. The highest BCUT2D eigenvalue weighted by Crippen LogP contribution is 1.96. The first-order chi connectivity index (χ1) is 8.47. The summed E-state index contributed by atoms with van der Waals surface area (Å²) in [6.07, 6.45) is 2.45. The van der Waals surface area contributed by atoms with Crippen LogP contribution in [0.15, 0.2) is 24.8 Å². The van der Waals surface area contributed by atoms with Crippen molar-refractivity contribution in [3.8, 4) is 0 Å². The fraction of sp³-hybridized carbons (Fsp3) is 0.364. The van der Waals surface area contributed by atoms with Crippen LogP contribution in [0.2, 0.25) is 0 Å². The first kappa shape index (κ1) is 15.9. The number of morpholine rings is 1. The van der Waals surface area contributed by atoms with Gasteiger partial charge in [0, 0.05) is 25.2 Å². The molecule has 0 spiro atoms. The van der Waals surface area contributed by atoms with Gasteiger partial charge in [-0.25, -0.2) is 9.59 Å². The first-order valence-corrected chi connectivity index (χ1v) is 5.10. The number of aliphatic carboxylic acids is 2. The molecule has 0 unspecified atom stereocenters. The summed E-state index contributed by atoms with van der Waals surface area (Å²) in [5.41, 5.74) is 0. The molecular weight excluding hydrogens is 242 g/mol. The third kappa shape index (κ3) is 8.05. The summed E-state index contributed by atoms with van der Waals surface area (Å²) in [5, 5.41) is 15.6. The quantitative estimate of drug-likeness (QED) is 0.675. The summed E-state index contributed by atoms with van der Waals surface area (Å²) in [6, 6.07) is 0. The molecule has 1 rings (SSSR count). The van der Waals surface area contributed by atoms with Crippen molar-refractivity contribution in [1.82, 2.24) is 4.90 Å². The Kier molecular flexibility index (Phi) is 7.87. The van der Waals surface area contributed by atoms with Gasteiger partial charge in [-0.05, 0) is 6.08 Å². The maximum Gasteiger partial charge on any atom is 0.328 e. The van der Waals surface area contributed by atoms with Gasteiger partial charge in [0.05, 0.1) is 13.2 Å². The maximum atomic E-state index is 10.9. The second kappa shape index (κ2) is 8.94. The standard InChI is InChI=1S/C7H11NO2.C4H4O4/c1-2-7(9)8-3-5-10-6-4-8;5-3(6)1-2-4(7)8/h2H,1,3-6H2;1-2H,(H,5,6)(H,7,8). The summed E-state index contributed by atoms with van der Waals surface area (Å²) in [7, 11) is 0. The Morgan fingerprint density at radius 1 is 1.06 bits per heavy atom. The zero-order chi connectivity index (χ0) is 14.0. The number of carbonyl (C=O) groups is 3. The van der Waals surface area contributed by atoms with E-state index in [9.17, 15) is 14.4 Å². The summed E-state index contributed by atoms with van der Waals surface area (Å²) in [6.45, 7) is 6.11. The van der Waals surface area contributed by atoms with Gasteiger partial charge < -0.3 is 19.8 Å². The minimum Gasteiger partial charge on any atom is -0.478 e. The third-order valence-corrected chi connectivity index (χ3v) is 1.87. The van der Waals surface area contributed by atoms with E-state index in [1.807, 2.05) is 0 Å². The number of nitrogens with zero attached hydrogens (tertiary/aromatic N) is 1. The van der Waals surface area contributed by atoms with Gasteiger partial charge in [0.25, 0.3) is 0 Å². The monoisotopic (exact) mass is 257 g/mol. The van der Waals surface area contributed by atoms with Crippen LogP contribution in [0.1, 0.15) is 0 Å². The topological polar surface area (TPSA) is 104 Å². The number of hydrogen-bond donors (Lipinski definition) is 2. The molecule has 1 aliphatic heterocycles.